The van der Waals surface area contributed by atoms with Crippen LogP contribution in [0.25, 0.3) is 0 Å². The Balaban J connectivity index is 1.63. The van der Waals surface area contributed by atoms with Crippen molar-refractivity contribution in [2.75, 3.05) is 18.8 Å². The third-order valence-electron chi connectivity index (χ3n) is 3.71. The molecule has 1 aromatic carbocycles. The first-order chi connectivity index (χ1) is 9.74. The van der Waals surface area contributed by atoms with E-state index < -0.39 is 0 Å². The number of benzene rings is 1. The molecule has 0 aliphatic carbocycles. The summed E-state index contributed by atoms with van der Waals surface area (Å²) >= 11 is 0. The molecule has 1 amide bonds. The Hall–Kier alpha value is -2.30. The minimum atomic E-state index is 0.101. The molecule has 0 radical (unpaired) electrons. The Morgan fingerprint density at radius 3 is 3.00 bits per heavy atom. The molecule has 1 aromatic heterocycles. The number of hydrogen-bond acceptors (Lipinski definition) is 3. The van der Waals surface area contributed by atoms with Crippen molar-refractivity contribution in [3.8, 4) is 0 Å². The number of imidazole rings is 1. The number of nitrogens with zero attached hydrogens (tertiary/aromatic N) is 3. The van der Waals surface area contributed by atoms with Gasteiger partial charge in [-0.15, -0.1) is 0 Å². The number of carbonyl (C=O) groups is 1. The maximum absolute atomic E-state index is 12.4. The number of amides is 1. The maximum atomic E-state index is 12.4. The highest BCUT2D eigenvalue weighted by Gasteiger charge is 2.23. The highest BCUT2D eigenvalue weighted by Crippen LogP contribution is 2.21. The van der Waals surface area contributed by atoms with E-state index in [9.17, 15) is 4.79 Å². The summed E-state index contributed by atoms with van der Waals surface area (Å²) in [6.45, 7) is 2.44. The van der Waals surface area contributed by atoms with Gasteiger partial charge in [0.2, 0.25) is 0 Å². The second kappa shape index (κ2) is 5.36. The van der Waals surface area contributed by atoms with Crippen molar-refractivity contribution in [1.29, 1.82) is 0 Å². The predicted octanol–water partition coefficient (Wildman–Crippen LogP) is 1.55. The molecule has 1 aliphatic heterocycles. The molecule has 1 aliphatic rings. The van der Waals surface area contributed by atoms with Gasteiger partial charge in [-0.3, -0.25) is 4.79 Å². The fourth-order valence-corrected chi connectivity index (χ4v) is 2.61. The van der Waals surface area contributed by atoms with Crippen molar-refractivity contribution in [3.05, 3.63) is 48.0 Å². The van der Waals surface area contributed by atoms with Gasteiger partial charge in [0.15, 0.2) is 0 Å². The van der Waals surface area contributed by atoms with Gasteiger partial charge in [-0.2, -0.15) is 0 Å². The fraction of sp³-hybridized carbons (Fsp3) is 0.333. The van der Waals surface area contributed by atoms with Crippen molar-refractivity contribution < 1.29 is 4.79 Å². The van der Waals surface area contributed by atoms with E-state index in [1.54, 1.807) is 18.6 Å². The molecule has 0 unspecified atom stereocenters. The van der Waals surface area contributed by atoms with E-state index in [0.717, 1.165) is 43.6 Å². The first-order valence-corrected chi connectivity index (χ1v) is 6.87. The second-order valence-corrected chi connectivity index (χ2v) is 5.11. The molecular weight excluding hydrogens is 252 g/mol. The van der Waals surface area contributed by atoms with E-state index in [-0.39, 0.29) is 5.91 Å². The van der Waals surface area contributed by atoms with Crippen LogP contribution in [0.1, 0.15) is 22.3 Å². The molecule has 2 heterocycles. The summed E-state index contributed by atoms with van der Waals surface area (Å²) in [5.74, 6) is 0.101. The number of hydrogen-bond donors (Lipinski definition) is 1. The number of fused-ring (bicyclic) bond motifs is 1. The van der Waals surface area contributed by atoms with Crippen molar-refractivity contribution >= 4 is 11.6 Å². The quantitative estimate of drug-likeness (QED) is 0.857. The van der Waals surface area contributed by atoms with Gasteiger partial charge in [0.05, 0.1) is 6.33 Å². The van der Waals surface area contributed by atoms with Crippen molar-refractivity contribution in [2.45, 2.75) is 19.4 Å². The van der Waals surface area contributed by atoms with Crippen LogP contribution in [0.5, 0.6) is 0 Å². The Labute approximate surface area is 118 Å². The summed E-state index contributed by atoms with van der Waals surface area (Å²) in [6, 6.07) is 5.62. The smallest absolute Gasteiger partial charge is 0.254 e. The monoisotopic (exact) mass is 270 g/mol. The molecule has 104 valence electrons. The minimum Gasteiger partial charge on any atom is -0.399 e. The second-order valence-electron chi connectivity index (χ2n) is 5.11. The van der Waals surface area contributed by atoms with Crippen LogP contribution in [-0.4, -0.2) is 33.4 Å². The van der Waals surface area contributed by atoms with Crippen LogP contribution < -0.4 is 5.73 Å². The van der Waals surface area contributed by atoms with Crippen LogP contribution >= 0.6 is 0 Å². The number of nitrogens with two attached hydrogens (primary N) is 1. The van der Waals surface area contributed by atoms with Crippen molar-refractivity contribution in [2.24, 2.45) is 0 Å². The molecule has 0 bridgehead atoms. The average molecular weight is 270 g/mol. The lowest BCUT2D eigenvalue weighted by molar-refractivity contribution is 0.0736. The first-order valence-electron chi connectivity index (χ1n) is 6.87. The molecule has 0 atom stereocenters. The number of nitrogen functional groups attached to an aromatic ring is 1. The highest BCUT2D eigenvalue weighted by molar-refractivity contribution is 5.97. The molecule has 0 saturated heterocycles. The lowest BCUT2D eigenvalue weighted by Gasteiger charge is -2.28. The maximum Gasteiger partial charge on any atom is 0.254 e. The van der Waals surface area contributed by atoms with E-state index in [1.807, 2.05) is 27.8 Å². The van der Waals surface area contributed by atoms with Gasteiger partial charge in [0.1, 0.15) is 0 Å². The van der Waals surface area contributed by atoms with Crippen LogP contribution in [0.3, 0.4) is 0 Å². The van der Waals surface area contributed by atoms with Gasteiger partial charge < -0.3 is 15.2 Å². The topological polar surface area (TPSA) is 64.2 Å². The average Bonchev–Trinajstić information content (AvgIpc) is 2.95. The van der Waals surface area contributed by atoms with E-state index in [4.69, 9.17) is 5.73 Å². The van der Waals surface area contributed by atoms with Gasteiger partial charge in [-0.25, -0.2) is 4.98 Å². The number of carbonyl (C=O) groups excluding carboxylic acids is 1. The molecule has 0 saturated carbocycles. The van der Waals surface area contributed by atoms with Gasteiger partial charge in [-0.05, 0) is 30.5 Å². The summed E-state index contributed by atoms with van der Waals surface area (Å²) in [5, 5.41) is 0. The summed E-state index contributed by atoms with van der Waals surface area (Å²) in [4.78, 5) is 18.3. The van der Waals surface area contributed by atoms with Gasteiger partial charge in [0, 0.05) is 43.3 Å². The molecule has 5 nitrogen and oxygen atoms in total. The summed E-state index contributed by atoms with van der Waals surface area (Å²) in [5.41, 5.74) is 8.29. The van der Waals surface area contributed by atoms with E-state index in [0.29, 0.717) is 5.69 Å². The van der Waals surface area contributed by atoms with Gasteiger partial charge >= 0.3 is 0 Å². The molecule has 0 fully saturated rings. The molecule has 5 heteroatoms. The zero-order valence-corrected chi connectivity index (χ0v) is 11.3. The Morgan fingerprint density at radius 1 is 1.30 bits per heavy atom. The van der Waals surface area contributed by atoms with Gasteiger partial charge in [0.25, 0.3) is 5.91 Å². The molecule has 20 heavy (non-hydrogen) atoms. The normalized spacial score (nSPS) is 14.4. The van der Waals surface area contributed by atoms with Crippen LogP contribution in [0, 0.1) is 0 Å². The van der Waals surface area contributed by atoms with Gasteiger partial charge in [-0.1, -0.05) is 6.07 Å². The van der Waals surface area contributed by atoms with E-state index in [1.165, 1.54) is 0 Å². The van der Waals surface area contributed by atoms with Crippen LogP contribution in [0.15, 0.2) is 36.9 Å². The Kier molecular flexibility index (Phi) is 3.41. The molecule has 2 aromatic rings. The third kappa shape index (κ3) is 2.52. The highest BCUT2D eigenvalue weighted by atomic mass is 16.2. The largest absolute Gasteiger partial charge is 0.399 e. The van der Waals surface area contributed by atoms with Crippen molar-refractivity contribution in [3.63, 3.8) is 0 Å². The van der Waals surface area contributed by atoms with Crippen LogP contribution in [0.4, 0.5) is 5.69 Å². The number of aromatic nitrogens is 2. The van der Waals surface area contributed by atoms with Crippen LogP contribution in [-0.2, 0) is 13.0 Å². The number of aryl methyl sites for hydroxylation is 1. The predicted molar refractivity (Wildman–Crippen MR) is 77.3 cm³/mol. The van der Waals surface area contributed by atoms with Crippen molar-refractivity contribution in [1.82, 2.24) is 14.5 Å². The van der Waals surface area contributed by atoms with E-state index >= 15 is 0 Å². The molecule has 0 spiro atoms. The lowest BCUT2D eigenvalue weighted by atomic mass is 9.98. The Bertz CT molecular complexity index is 606. The summed E-state index contributed by atoms with van der Waals surface area (Å²) in [7, 11) is 0. The zero-order valence-electron chi connectivity index (χ0n) is 11.3. The van der Waals surface area contributed by atoms with Crippen LogP contribution in [0.2, 0.25) is 0 Å². The zero-order chi connectivity index (χ0) is 13.9. The summed E-state index contributed by atoms with van der Waals surface area (Å²) in [6.07, 6.45) is 7.35. The minimum absolute atomic E-state index is 0.101. The molecule has 3 rings (SSSR count). The number of rotatable bonds is 4. The third-order valence-corrected chi connectivity index (χ3v) is 3.71. The first kappa shape index (κ1) is 12.7. The molecule has 2 N–H and O–H groups in total. The van der Waals surface area contributed by atoms with E-state index in [2.05, 4.69) is 4.98 Å². The lowest BCUT2D eigenvalue weighted by Crippen LogP contribution is -2.38. The standard InChI is InChI=1S/C15H18N4O/c16-13-3-2-12-4-8-19(15(20)14(12)10-13)7-1-6-18-9-5-17-11-18/h2-3,5,9-11H,1,4,6-8,16H2. The fourth-order valence-electron chi connectivity index (χ4n) is 2.61. The Morgan fingerprint density at radius 2 is 2.20 bits per heavy atom. The SMILES string of the molecule is Nc1ccc2c(c1)C(=O)N(CCCn1ccnc1)CC2. The molecular formula is C15H18N4O. The summed E-state index contributed by atoms with van der Waals surface area (Å²) < 4.78 is 2.03. The number of anilines is 1.